The minimum atomic E-state index is -3.50. The second kappa shape index (κ2) is 6.01. The lowest BCUT2D eigenvalue weighted by Crippen LogP contribution is -2.53. The Hall–Kier alpha value is -0.630. The number of rotatable bonds is 3. The first-order chi connectivity index (χ1) is 9.36. The minimum absolute atomic E-state index is 0.225. The van der Waals surface area contributed by atoms with Crippen LogP contribution in [0.25, 0.3) is 0 Å². The van der Waals surface area contributed by atoms with Crippen molar-refractivity contribution in [3.05, 3.63) is 22.7 Å². The molecule has 0 spiro atoms. The van der Waals surface area contributed by atoms with Crippen LogP contribution in [0.5, 0.6) is 0 Å². The third-order valence-electron chi connectivity index (χ3n) is 3.71. The summed E-state index contributed by atoms with van der Waals surface area (Å²) < 4.78 is 27.5. The molecule has 1 aliphatic rings. The summed E-state index contributed by atoms with van der Waals surface area (Å²) in [6.45, 7) is 6.88. The third-order valence-corrected chi connectivity index (χ3v) is 6.57. The van der Waals surface area contributed by atoms with E-state index in [-0.39, 0.29) is 10.9 Å². The summed E-state index contributed by atoms with van der Waals surface area (Å²) in [5.74, 6) is 0. The standard InChI is InChI=1S/C13H20BrN3O2S/c1-3-16-6-7-17(9-10(16)2)20(18,19)13-8-11(15)4-5-12(13)14/h4-5,8,10H,3,6-7,9,15H2,1-2H3. The number of nitrogens with zero attached hydrogens (tertiary/aromatic N) is 2. The number of nitrogen functional groups attached to an aromatic ring is 1. The Morgan fingerprint density at radius 3 is 2.70 bits per heavy atom. The molecule has 0 saturated carbocycles. The van der Waals surface area contributed by atoms with Gasteiger partial charge in [-0.3, -0.25) is 4.90 Å². The van der Waals surface area contributed by atoms with E-state index in [1.165, 1.54) is 6.07 Å². The number of likely N-dealkylation sites (N-methyl/N-ethyl adjacent to an activating group) is 1. The van der Waals surface area contributed by atoms with E-state index in [0.29, 0.717) is 23.2 Å². The number of hydrogen-bond acceptors (Lipinski definition) is 4. The second-order valence-corrected chi connectivity index (χ2v) is 7.79. The van der Waals surface area contributed by atoms with Gasteiger partial charge in [0.2, 0.25) is 10.0 Å². The topological polar surface area (TPSA) is 66.6 Å². The molecule has 0 aromatic heterocycles. The minimum Gasteiger partial charge on any atom is -0.399 e. The van der Waals surface area contributed by atoms with Crippen LogP contribution in [-0.4, -0.2) is 49.8 Å². The van der Waals surface area contributed by atoms with Crippen LogP contribution in [0.15, 0.2) is 27.6 Å². The Balaban J connectivity index is 2.30. The van der Waals surface area contributed by atoms with Gasteiger partial charge < -0.3 is 5.73 Å². The van der Waals surface area contributed by atoms with Crippen molar-refractivity contribution in [2.45, 2.75) is 24.8 Å². The van der Waals surface area contributed by atoms with Crippen LogP contribution in [0.2, 0.25) is 0 Å². The molecule has 1 aliphatic heterocycles. The van der Waals surface area contributed by atoms with Crippen molar-refractivity contribution in [3.63, 3.8) is 0 Å². The Bertz CT molecular complexity index is 591. The van der Waals surface area contributed by atoms with Crippen molar-refractivity contribution < 1.29 is 8.42 Å². The predicted molar refractivity (Wildman–Crippen MR) is 84.0 cm³/mol. The van der Waals surface area contributed by atoms with E-state index in [2.05, 4.69) is 34.7 Å². The third kappa shape index (κ3) is 3.00. The average molecular weight is 362 g/mol. The molecule has 0 amide bonds. The van der Waals surface area contributed by atoms with E-state index in [4.69, 9.17) is 5.73 Å². The first kappa shape index (κ1) is 15.8. The fraction of sp³-hybridized carbons (Fsp3) is 0.538. The highest BCUT2D eigenvalue weighted by atomic mass is 79.9. The fourth-order valence-electron chi connectivity index (χ4n) is 2.51. The molecule has 0 radical (unpaired) electrons. The van der Waals surface area contributed by atoms with Gasteiger partial charge in [0.25, 0.3) is 0 Å². The molecule has 1 atom stereocenters. The molecule has 112 valence electrons. The Kier molecular flexibility index (Phi) is 4.73. The maximum absolute atomic E-state index is 12.7. The SMILES string of the molecule is CCN1CCN(S(=O)(=O)c2cc(N)ccc2Br)CC1C. The van der Waals surface area contributed by atoms with Crippen LogP contribution in [-0.2, 0) is 10.0 Å². The Morgan fingerprint density at radius 2 is 2.10 bits per heavy atom. The van der Waals surface area contributed by atoms with Gasteiger partial charge in [-0.15, -0.1) is 0 Å². The molecular formula is C13H20BrN3O2S. The lowest BCUT2D eigenvalue weighted by Gasteiger charge is -2.38. The number of benzene rings is 1. The monoisotopic (exact) mass is 361 g/mol. The van der Waals surface area contributed by atoms with Crippen LogP contribution < -0.4 is 5.73 Å². The van der Waals surface area contributed by atoms with Crippen molar-refractivity contribution in [2.75, 3.05) is 31.9 Å². The number of halogens is 1. The lowest BCUT2D eigenvalue weighted by molar-refractivity contribution is 0.135. The zero-order chi connectivity index (χ0) is 14.9. The van der Waals surface area contributed by atoms with Gasteiger partial charge in [0, 0.05) is 35.8 Å². The molecular weight excluding hydrogens is 342 g/mol. The summed E-state index contributed by atoms with van der Waals surface area (Å²) in [5.41, 5.74) is 6.16. The van der Waals surface area contributed by atoms with Crippen LogP contribution in [0.3, 0.4) is 0 Å². The van der Waals surface area contributed by atoms with Gasteiger partial charge in [0.05, 0.1) is 4.90 Å². The molecule has 5 nitrogen and oxygen atoms in total. The average Bonchev–Trinajstić information content (AvgIpc) is 2.41. The summed E-state index contributed by atoms with van der Waals surface area (Å²) in [6.07, 6.45) is 0. The van der Waals surface area contributed by atoms with Gasteiger partial charge in [0.1, 0.15) is 0 Å². The molecule has 1 heterocycles. The van der Waals surface area contributed by atoms with Crippen molar-refractivity contribution in [2.24, 2.45) is 0 Å². The molecule has 2 N–H and O–H groups in total. The first-order valence-corrected chi connectivity index (χ1v) is 8.88. The van der Waals surface area contributed by atoms with Gasteiger partial charge in [-0.2, -0.15) is 4.31 Å². The normalized spacial score (nSPS) is 22.1. The van der Waals surface area contributed by atoms with Gasteiger partial charge in [-0.1, -0.05) is 6.92 Å². The number of nitrogens with two attached hydrogens (primary N) is 1. The fourth-order valence-corrected chi connectivity index (χ4v) is 4.98. The van der Waals surface area contributed by atoms with E-state index in [1.54, 1.807) is 16.4 Å². The first-order valence-electron chi connectivity index (χ1n) is 6.65. The number of anilines is 1. The molecule has 0 aliphatic carbocycles. The Labute approximate surface area is 128 Å². The predicted octanol–water partition coefficient (Wildman–Crippen LogP) is 1.75. The summed E-state index contributed by atoms with van der Waals surface area (Å²) in [6, 6.07) is 5.09. The van der Waals surface area contributed by atoms with Crippen molar-refractivity contribution >= 4 is 31.6 Å². The van der Waals surface area contributed by atoms with E-state index < -0.39 is 10.0 Å². The highest BCUT2D eigenvalue weighted by Crippen LogP contribution is 2.28. The van der Waals surface area contributed by atoms with Gasteiger partial charge in [0.15, 0.2) is 0 Å². The van der Waals surface area contributed by atoms with Crippen LogP contribution in [0.1, 0.15) is 13.8 Å². The van der Waals surface area contributed by atoms with E-state index in [0.717, 1.165) is 13.1 Å². The highest BCUT2D eigenvalue weighted by molar-refractivity contribution is 9.10. The quantitative estimate of drug-likeness (QED) is 0.832. The summed E-state index contributed by atoms with van der Waals surface area (Å²) in [5, 5.41) is 0. The molecule has 1 aromatic carbocycles. The molecule has 7 heteroatoms. The summed E-state index contributed by atoms with van der Waals surface area (Å²) in [4.78, 5) is 2.52. The van der Waals surface area contributed by atoms with Crippen LogP contribution >= 0.6 is 15.9 Å². The van der Waals surface area contributed by atoms with Crippen LogP contribution in [0, 0.1) is 0 Å². The molecule has 0 bridgehead atoms. The van der Waals surface area contributed by atoms with E-state index >= 15 is 0 Å². The largest absolute Gasteiger partial charge is 0.399 e. The summed E-state index contributed by atoms with van der Waals surface area (Å²) >= 11 is 3.30. The number of piperazine rings is 1. The molecule has 1 saturated heterocycles. The summed E-state index contributed by atoms with van der Waals surface area (Å²) in [7, 11) is -3.50. The van der Waals surface area contributed by atoms with Crippen molar-refractivity contribution in [1.29, 1.82) is 0 Å². The molecule has 1 aromatic rings. The molecule has 1 fully saturated rings. The maximum atomic E-state index is 12.7. The molecule has 20 heavy (non-hydrogen) atoms. The van der Waals surface area contributed by atoms with E-state index in [9.17, 15) is 8.42 Å². The van der Waals surface area contributed by atoms with Crippen molar-refractivity contribution in [1.82, 2.24) is 9.21 Å². The molecule has 2 rings (SSSR count). The van der Waals surface area contributed by atoms with Gasteiger partial charge >= 0.3 is 0 Å². The maximum Gasteiger partial charge on any atom is 0.244 e. The zero-order valence-electron chi connectivity index (χ0n) is 11.7. The highest BCUT2D eigenvalue weighted by Gasteiger charge is 2.32. The van der Waals surface area contributed by atoms with Gasteiger partial charge in [-0.25, -0.2) is 8.42 Å². The smallest absolute Gasteiger partial charge is 0.244 e. The lowest BCUT2D eigenvalue weighted by atomic mass is 10.2. The zero-order valence-corrected chi connectivity index (χ0v) is 14.1. The number of sulfonamides is 1. The van der Waals surface area contributed by atoms with Gasteiger partial charge in [-0.05, 0) is 47.6 Å². The number of hydrogen-bond donors (Lipinski definition) is 1. The van der Waals surface area contributed by atoms with E-state index in [1.807, 2.05) is 0 Å². The van der Waals surface area contributed by atoms with Crippen LogP contribution in [0.4, 0.5) is 5.69 Å². The van der Waals surface area contributed by atoms with Crippen molar-refractivity contribution in [3.8, 4) is 0 Å². The second-order valence-electron chi connectivity index (χ2n) is 5.03. The molecule has 1 unspecified atom stereocenters. The Morgan fingerprint density at radius 1 is 1.40 bits per heavy atom.